The summed E-state index contributed by atoms with van der Waals surface area (Å²) in [5, 5.41) is 10.0. The predicted molar refractivity (Wildman–Crippen MR) is 81.6 cm³/mol. The number of benzene rings is 1. The fourth-order valence-electron chi connectivity index (χ4n) is 2.96. The van der Waals surface area contributed by atoms with Gasteiger partial charge in [0.2, 0.25) is 0 Å². The van der Waals surface area contributed by atoms with Crippen molar-refractivity contribution in [3.05, 3.63) is 35.9 Å². The van der Waals surface area contributed by atoms with E-state index in [-0.39, 0.29) is 6.10 Å². The summed E-state index contributed by atoms with van der Waals surface area (Å²) in [4.78, 5) is 2.37. The number of rotatable bonds is 8. The largest absolute Gasteiger partial charge is 0.389 e. The third-order valence-electron chi connectivity index (χ3n) is 3.96. The van der Waals surface area contributed by atoms with E-state index < -0.39 is 0 Å². The van der Waals surface area contributed by atoms with E-state index >= 15 is 0 Å². The van der Waals surface area contributed by atoms with Gasteiger partial charge in [0.1, 0.15) is 0 Å². The van der Waals surface area contributed by atoms with Crippen LogP contribution < -0.4 is 0 Å². The first-order valence-corrected chi connectivity index (χ1v) is 7.80. The van der Waals surface area contributed by atoms with Crippen LogP contribution in [-0.4, -0.2) is 42.4 Å². The lowest BCUT2D eigenvalue weighted by Crippen LogP contribution is -2.33. The molecule has 0 spiro atoms. The SMILES string of the molecule is CCCC1CCN(CC(O)COCc2ccccc2)C1. The van der Waals surface area contributed by atoms with Crippen LogP contribution in [0, 0.1) is 5.92 Å². The molecule has 1 aromatic carbocycles. The molecule has 1 saturated heterocycles. The number of nitrogens with zero attached hydrogens (tertiary/aromatic N) is 1. The Bertz CT molecular complexity index is 369. The third kappa shape index (κ3) is 5.23. The summed E-state index contributed by atoms with van der Waals surface area (Å²) >= 11 is 0. The Labute approximate surface area is 122 Å². The second-order valence-electron chi connectivity index (χ2n) is 5.86. The fraction of sp³-hybridized carbons (Fsp3) is 0.647. The third-order valence-corrected chi connectivity index (χ3v) is 3.96. The van der Waals surface area contributed by atoms with Gasteiger partial charge in [-0.1, -0.05) is 43.7 Å². The number of likely N-dealkylation sites (tertiary alicyclic amines) is 1. The van der Waals surface area contributed by atoms with E-state index in [9.17, 15) is 5.11 Å². The number of β-amino-alcohol motifs (C(OH)–C–C–N with tert-alkyl or cyclic N) is 1. The molecule has 0 radical (unpaired) electrons. The number of hydrogen-bond donors (Lipinski definition) is 1. The van der Waals surface area contributed by atoms with Crippen molar-refractivity contribution in [1.29, 1.82) is 0 Å². The highest BCUT2D eigenvalue weighted by atomic mass is 16.5. The molecule has 2 unspecified atom stereocenters. The van der Waals surface area contributed by atoms with Crippen LogP contribution in [0.15, 0.2) is 30.3 Å². The molecule has 1 aliphatic rings. The molecule has 2 rings (SSSR count). The van der Waals surface area contributed by atoms with Crippen LogP contribution >= 0.6 is 0 Å². The lowest BCUT2D eigenvalue weighted by molar-refractivity contribution is 0.0128. The molecule has 0 saturated carbocycles. The van der Waals surface area contributed by atoms with Gasteiger partial charge in [-0.25, -0.2) is 0 Å². The smallest absolute Gasteiger partial charge is 0.0900 e. The lowest BCUT2D eigenvalue weighted by Gasteiger charge is -2.20. The second-order valence-corrected chi connectivity index (χ2v) is 5.86. The lowest BCUT2D eigenvalue weighted by atomic mass is 10.0. The van der Waals surface area contributed by atoms with Crippen molar-refractivity contribution in [2.24, 2.45) is 5.92 Å². The Morgan fingerprint density at radius 3 is 2.90 bits per heavy atom. The van der Waals surface area contributed by atoms with Gasteiger partial charge in [0.15, 0.2) is 0 Å². The van der Waals surface area contributed by atoms with E-state index in [0.717, 1.165) is 31.1 Å². The van der Waals surface area contributed by atoms with Crippen molar-refractivity contribution in [3.63, 3.8) is 0 Å². The molecule has 3 nitrogen and oxygen atoms in total. The van der Waals surface area contributed by atoms with Crippen LogP contribution in [0.25, 0.3) is 0 Å². The number of aliphatic hydroxyl groups excluding tert-OH is 1. The molecular formula is C17H27NO2. The van der Waals surface area contributed by atoms with Gasteiger partial charge in [-0.2, -0.15) is 0 Å². The molecule has 1 aliphatic heterocycles. The summed E-state index contributed by atoms with van der Waals surface area (Å²) in [5.74, 6) is 0.831. The van der Waals surface area contributed by atoms with Crippen molar-refractivity contribution in [2.75, 3.05) is 26.2 Å². The Morgan fingerprint density at radius 1 is 1.35 bits per heavy atom. The first kappa shape index (κ1) is 15.5. The maximum absolute atomic E-state index is 10.0. The van der Waals surface area contributed by atoms with E-state index in [4.69, 9.17) is 4.74 Å². The van der Waals surface area contributed by atoms with Gasteiger partial charge in [-0.15, -0.1) is 0 Å². The molecule has 2 atom stereocenters. The highest BCUT2D eigenvalue weighted by Gasteiger charge is 2.23. The summed E-state index contributed by atoms with van der Waals surface area (Å²) in [6.07, 6.45) is 3.49. The molecule has 1 aromatic rings. The topological polar surface area (TPSA) is 32.7 Å². The first-order valence-electron chi connectivity index (χ1n) is 7.80. The van der Waals surface area contributed by atoms with Gasteiger partial charge in [0.25, 0.3) is 0 Å². The van der Waals surface area contributed by atoms with Crippen LogP contribution in [0.2, 0.25) is 0 Å². The van der Waals surface area contributed by atoms with Gasteiger partial charge < -0.3 is 14.7 Å². The van der Waals surface area contributed by atoms with Crippen LogP contribution in [0.4, 0.5) is 0 Å². The van der Waals surface area contributed by atoms with E-state index in [1.54, 1.807) is 0 Å². The van der Waals surface area contributed by atoms with Crippen LogP contribution in [0.3, 0.4) is 0 Å². The minimum Gasteiger partial charge on any atom is -0.389 e. The number of hydrogen-bond acceptors (Lipinski definition) is 3. The average Bonchev–Trinajstić information content (AvgIpc) is 2.88. The predicted octanol–water partition coefficient (Wildman–Crippen LogP) is 2.69. The normalized spacial score (nSPS) is 21.2. The van der Waals surface area contributed by atoms with Gasteiger partial charge >= 0.3 is 0 Å². The monoisotopic (exact) mass is 277 g/mol. The molecule has 0 bridgehead atoms. The summed E-state index contributed by atoms with van der Waals surface area (Å²) in [6.45, 7) is 6.26. The molecule has 0 aliphatic carbocycles. The summed E-state index contributed by atoms with van der Waals surface area (Å²) in [5.41, 5.74) is 1.16. The molecule has 3 heteroatoms. The zero-order chi connectivity index (χ0) is 14.2. The molecule has 0 aromatic heterocycles. The van der Waals surface area contributed by atoms with Crippen molar-refractivity contribution < 1.29 is 9.84 Å². The quantitative estimate of drug-likeness (QED) is 0.793. The molecule has 1 heterocycles. The van der Waals surface area contributed by atoms with Gasteiger partial charge in [0, 0.05) is 13.1 Å². The summed E-state index contributed by atoms with van der Waals surface area (Å²) in [7, 11) is 0. The fourth-order valence-corrected chi connectivity index (χ4v) is 2.96. The summed E-state index contributed by atoms with van der Waals surface area (Å²) < 4.78 is 5.59. The Balaban J connectivity index is 1.60. The average molecular weight is 277 g/mol. The molecule has 20 heavy (non-hydrogen) atoms. The highest BCUT2D eigenvalue weighted by molar-refractivity contribution is 5.13. The molecule has 0 amide bonds. The second kappa shape index (κ2) is 8.40. The van der Waals surface area contributed by atoms with E-state index in [2.05, 4.69) is 11.8 Å². The molecular weight excluding hydrogens is 250 g/mol. The van der Waals surface area contributed by atoms with E-state index in [1.807, 2.05) is 30.3 Å². The Kier molecular flexibility index (Phi) is 6.51. The highest BCUT2D eigenvalue weighted by Crippen LogP contribution is 2.20. The van der Waals surface area contributed by atoms with Crippen molar-refractivity contribution in [3.8, 4) is 0 Å². The maximum Gasteiger partial charge on any atom is 0.0900 e. The van der Waals surface area contributed by atoms with Gasteiger partial charge in [0.05, 0.1) is 19.3 Å². The standard InChI is InChI=1S/C17H27NO2/c1-2-6-15-9-10-18(11-15)12-17(19)14-20-13-16-7-4-3-5-8-16/h3-5,7-8,15,17,19H,2,6,9-14H2,1H3. The first-order chi connectivity index (χ1) is 9.78. The van der Waals surface area contributed by atoms with E-state index in [1.165, 1.54) is 19.3 Å². The van der Waals surface area contributed by atoms with Crippen molar-refractivity contribution >= 4 is 0 Å². The van der Waals surface area contributed by atoms with E-state index in [0.29, 0.717) is 13.2 Å². The zero-order valence-electron chi connectivity index (χ0n) is 12.5. The Morgan fingerprint density at radius 2 is 2.15 bits per heavy atom. The molecule has 1 N–H and O–H groups in total. The van der Waals surface area contributed by atoms with Crippen molar-refractivity contribution in [1.82, 2.24) is 4.90 Å². The zero-order valence-corrected chi connectivity index (χ0v) is 12.5. The van der Waals surface area contributed by atoms with Gasteiger partial charge in [-0.3, -0.25) is 0 Å². The maximum atomic E-state index is 10.0. The van der Waals surface area contributed by atoms with Crippen LogP contribution in [0.1, 0.15) is 31.7 Å². The molecule has 1 fully saturated rings. The van der Waals surface area contributed by atoms with Crippen LogP contribution in [-0.2, 0) is 11.3 Å². The minimum absolute atomic E-state index is 0.376. The minimum atomic E-state index is -0.376. The van der Waals surface area contributed by atoms with Gasteiger partial charge in [-0.05, 0) is 30.9 Å². The number of aliphatic hydroxyl groups is 1. The van der Waals surface area contributed by atoms with Crippen LogP contribution in [0.5, 0.6) is 0 Å². The summed E-state index contributed by atoms with van der Waals surface area (Å²) in [6, 6.07) is 10.1. The number of ether oxygens (including phenoxy) is 1. The Hall–Kier alpha value is -0.900. The molecule has 112 valence electrons. The van der Waals surface area contributed by atoms with Crippen molar-refractivity contribution in [2.45, 2.75) is 38.9 Å².